The van der Waals surface area contributed by atoms with Gasteiger partial charge in [-0.05, 0) is 23.3 Å². The molecule has 0 fully saturated rings. The fourth-order valence-electron chi connectivity index (χ4n) is 2.10. The van der Waals surface area contributed by atoms with Gasteiger partial charge in [-0.1, -0.05) is 48.0 Å². The molecule has 0 saturated heterocycles. The molecule has 0 aliphatic heterocycles. The fraction of sp³-hybridized carbons (Fsp3) is 0.0667. The predicted octanol–water partition coefficient (Wildman–Crippen LogP) is 4.24. The Bertz CT molecular complexity index is 674. The molecule has 2 N–H and O–H groups in total. The number of ketones is 1. The van der Waals surface area contributed by atoms with E-state index in [1.54, 1.807) is 6.07 Å². The molecule has 4 nitrogen and oxygen atoms in total. The summed E-state index contributed by atoms with van der Waals surface area (Å²) in [5.41, 5.74) is 13.4. The first-order valence-electron chi connectivity index (χ1n) is 5.95. The van der Waals surface area contributed by atoms with Gasteiger partial charge in [-0.3, -0.25) is 4.79 Å². The zero-order valence-corrected chi connectivity index (χ0v) is 11.3. The quantitative estimate of drug-likeness (QED) is 0.608. The van der Waals surface area contributed by atoms with E-state index in [1.165, 1.54) is 0 Å². The van der Waals surface area contributed by atoms with Crippen molar-refractivity contribution in [3.05, 3.63) is 64.4 Å². The van der Waals surface area contributed by atoms with E-state index in [0.29, 0.717) is 17.1 Å². The number of hydrogen-bond acceptors (Lipinski definition) is 4. The molecule has 1 heterocycles. The number of nitrogens with one attached hydrogen (secondary N) is 2. The van der Waals surface area contributed by atoms with Crippen LogP contribution in [-0.4, -0.2) is 10.8 Å². The van der Waals surface area contributed by atoms with Crippen LogP contribution in [0.1, 0.15) is 18.2 Å². The number of allylic oxidation sites excluding steroid dienone is 1. The van der Waals surface area contributed by atoms with E-state index in [9.17, 15) is 4.79 Å². The molecule has 1 aromatic heterocycles. The summed E-state index contributed by atoms with van der Waals surface area (Å²) in [4.78, 5) is 16.4. The van der Waals surface area contributed by atoms with Crippen molar-refractivity contribution in [2.75, 3.05) is 0 Å². The third-order valence-corrected chi connectivity index (χ3v) is 3.21. The smallest absolute Gasteiger partial charge is 0.167 e. The van der Waals surface area contributed by atoms with Gasteiger partial charge in [0.15, 0.2) is 5.78 Å². The molecule has 3 rings (SSSR count). The predicted molar refractivity (Wildman–Crippen MR) is 79.8 cm³/mol. The van der Waals surface area contributed by atoms with Crippen molar-refractivity contribution >= 4 is 29.0 Å². The van der Waals surface area contributed by atoms with Gasteiger partial charge in [-0.2, -0.15) is 0 Å². The largest absolute Gasteiger partial charge is 0.294 e. The highest BCUT2D eigenvalue weighted by Gasteiger charge is 2.20. The van der Waals surface area contributed by atoms with Gasteiger partial charge in [0, 0.05) is 13.4 Å². The molecule has 20 heavy (non-hydrogen) atoms. The van der Waals surface area contributed by atoms with Crippen molar-refractivity contribution in [1.29, 1.82) is 11.1 Å². The molecule has 102 valence electrons. The van der Waals surface area contributed by atoms with Crippen LogP contribution in [0.3, 0.4) is 0 Å². The summed E-state index contributed by atoms with van der Waals surface area (Å²) in [6.45, 7) is 0. The molecule has 0 radical (unpaired) electrons. The zero-order chi connectivity index (χ0) is 14.5. The number of aromatic nitrogens is 1. The minimum atomic E-state index is 0. The van der Waals surface area contributed by atoms with Crippen molar-refractivity contribution in [3.63, 3.8) is 0 Å². The Labute approximate surface area is 122 Å². The number of carbonyl (C=O) groups excluding carboxylic acids is 1. The average molecular weight is 288 g/mol. The van der Waals surface area contributed by atoms with Gasteiger partial charge in [0.1, 0.15) is 5.15 Å². The Morgan fingerprint density at radius 2 is 1.80 bits per heavy atom. The highest BCUT2D eigenvalue weighted by Crippen LogP contribution is 2.27. The molecule has 1 aliphatic carbocycles. The summed E-state index contributed by atoms with van der Waals surface area (Å²) in [5.74, 6) is 0.123. The zero-order valence-electron chi connectivity index (χ0n) is 10.6. The van der Waals surface area contributed by atoms with Crippen LogP contribution in [0.5, 0.6) is 0 Å². The highest BCUT2D eigenvalue weighted by atomic mass is 35.5. The molecule has 0 saturated carbocycles. The second kappa shape index (κ2) is 6.21. The fourth-order valence-corrected chi connectivity index (χ4v) is 2.25. The van der Waals surface area contributed by atoms with Gasteiger partial charge in [-0.15, -0.1) is 0 Å². The third kappa shape index (κ3) is 2.81. The van der Waals surface area contributed by atoms with Crippen LogP contribution in [0, 0.1) is 11.1 Å². The lowest BCUT2D eigenvalue weighted by atomic mass is 9.90. The maximum Gasteiger partial charge on any atom is 0.167 e. The van der Waals surface area contributed by atoms with Gasteiger partial charge in [-0.25, -0.2) is 16.0 Å². The standard InChI is InChI=1S/C15H10ClNO.H2N2.H2/c16-15-7-6-11-8-14(18)12(9-13(11)17-15)10-4-2-1-3-5-10;1-2;/h1-7,9H,8H2;1-2H;1H. The molecule has 2 aromatic rings. The summed E-state index contributed by atoms with van der Waals surface area (Å²) in [5, 5.41) is 0.451. The first-order chi connectivity index (χ1) is 9.74. The van der Waals surface area contributed by atoms with Crippen LogP contribution < -0.4 is 0 Å². The minimum Gasteiger partial charge on any atom is -0.294 e. The second-order valence-corrected chi connectivity index (χ2v) is 4.59. The van der Waals surface area contributed by atoms with E-state index in [4.69, 9.17) is 22.7 Å². The number of rotatable bonds is 1. The van der Waals surface area contributed by atoms with Crippen LogP contribution in [0.15, 0.2) is 42.5 Å². The maximum atomic E-state index is 12.1. The summed E-state index contributed by atoms with van der Waals surface area (Å²) >= 11 is 5.88. The molecule has 5 heteroatoms. The first kappa shape index (κ1) is 14.1. The summed E-state index contributed by atoms with van der Waals surface area (Å²) in [6, 6.07) is 13.2. The van der Waals surface area contributed by atoms with E-state index in [-0.39, 0.29) is 7.21 Å². The van der Waals surface area contributed by atoms with Crippen LogP contribution >= 0.6 is 11.6 Å². The Balaban J connectivity index is 0.000000706. The van der Waals surface area contributed by atoms with E-state index in [0.717, 1.165) is 16.8 Å². The minimum absolute atomic E-state index is 0. The van der Waals surface area contributed by atoms with Gasteiger partial charge < -0.3 is 0 Å². The van der Waals surface area contributed by atoms with Crippen LogP contribution in [0.2, 0.25) is 5.15 Å². The molecule has 0 amide bonds. The lowest BCUT2D eigenvalue weighted by Crippen LogP contribution is -2.12. The van der Waals surface area contributed by atoms with Crippen molar-refractivity contribution < 1.29 is 6.22 Å². The van der Waals surface area contributed by atoms with Crippen LogP contribution in [0.4, 0.5) is 0 Å². The summed E-state index contributed by atoms with van der Waals surface area (Å²) < 4.78 is 0. The van der Waals surface area contributed by atoms with Gasteiger partial charge in [0.05, 0.1) is 5.69 Å². The van der Waals surface area contributed by atoms with Crippen LogP contribution in [0.25, 0.3) is 11.6 Å². The normalized spacial score (nSPS) is 12.8. The van der Waals surface area contributed by atoms with E-state index in [2.05, 4.69) is 4.98 Å². The number of nitrogens with zero attached hydrogens (tertiary/aromatic N) is 1. The van der Waals surface area contributed by atoms with Gasteiger partial charge in [0.2, 0.25) is 0 Å². The number of pyridine rings is 1. The number of Topliss-reactive ketones (excluding diaryl/α,β-unsaturated/α-hetero) is 1. The molecular weight excluding hydrogens is 274 g/mol. The SMILES string of the molecule is N=N.O=C1Cc2ccc(Cl)nc2C=C1c1ccccc1.[HH]. The number of fused-ring (bicyclic) bond motifs is 1. The Morgan fingerprint density at radius 1 is 1.10 bits per heavy atom. The Kier molecular flexibility index (Phi) is 4.38. The van der Waals surface area contributed by atoms with Crippen LogP contribution in [-0.2, 0) is 11.2 Å². The highest BCUT2D eigenvalue weighted by molar-refractivity contribution is 6.30. The third-order valence-electron chi connectivity index (χ3n) is 3.00. The van der Waals surface area contributed by atoms with Gasteiger partial charge >= 0.3 is 0 Å². The topological polar surface area (TPSA) is 77.7 Å². The molecule has 0 spiro atoms. The monoisotopic (exact) mass is 287 g/mol. The first-order valence-corrected chi connectivity index (χ1v) is 6.32. The molecule has 0 bridgehead atoms. The number of carbonyl (C=O) groups is 1. The Hall–Kier alpha value is -2.33. The lowest BCUT2D eigenvalue weighted by Gasteiger charge is -2.15. The molecule has 0 unspecified atom stereocenters. The number of halogens is 1. The number of benzene rings is 1. The summed E-state index contributed by atoms with van der Waals surface area (Å²) in [7, 11) is 0. The van der Waals surface area contributed by atoms with E-state index in [1.807, 2.05) is 42.5 Å². The molecule has 1 aromatic carbocycles. The molecule has 0 atom stereocenters. The Morgan fingerprint density at radius 3 is 2.50 bits per heavy atom. The second-order valence-electron chi connectivity index (χ2n) is 4.20. The van der Waals surface area contributed by atoms with Crippen molar-refractivity contribution in [3.8, 4) is 0 Å². The average Bonchev–Trinajstić information content (AvgIpc) is 2.50. The number of hydrogen-bond donors (Lipinski definition) is 2. The van der Waals surface area contributed by atoms with E-state index >= 15 is 0 Å². The van der Waals surface area contributed by atoms with Crippen molar-refractivity contribution in [2.24, 2.45) is 0 Å². The lowest BCUT2D eigenvalue weighted by molar-refractivity contribution is -0.113. The molecule has 1 aliphatic rings. The van der Waals surface area contributed by atoms with Gasteiger partial charge in [0.25, 0.3) is 0 Å². The van der Waals surface area contributed by atoms with E-state index < -0.39 is 0 Å². The summed E-state index contributed by atoms with van der Waals surface area (Å²) in [6.07, 6.45) is 2.21. The molecular formula is C15H14ClN3O. The maximum absolute atomic E-state index is 12.1. The van der Waals surface area contributed by atoms with Crippen molar-refractivity contribution in [1.82, 2.24) is 4.98 Å². The van der Waals surface area contributed by atoms with Crippen molar-refractivity contribution in [2.45, 2.75) is 6.42 Å².